The van der Waals surface area contributed by atoms with Gasteiger partial charge >= 0.3 is 11.2 Å². The topological polar surface area (TPSA) is 113 Å². The molecule has 10 heteroatoms. The van der Waals surface area contributed by atoms with Gasteiger partial charge in [-0.05, 0) is 38.8 Å². The molecule has 0 spiro atoms. The number of hydrogen-bond donors (Lipinski definition) is 3. The van der Waals surface area contributed by atoms with Crippen LogP contribution in [0.5, 0.6) is 0 Å². The summed E-state index contributed by atoms with van der Waals surface area (Å²) >= 11 is 0. The number of nitrogens with zero attached hydrogens (tertiary/aromatic N) is 5. The van der Waals surface area contributed by atoms with Gasteiger partial charge in [0.1, 0.15) is 11.6 Å². The van der Waals surface area contributed by atoms with Crippen LogP contribution in [0.4, 0.5) is 5.82 Å². The van der Waals surface area contributed by atoms with Crippen LogP contribution in [0.3, 0.4) is 0 Å². The Bertz CT molecular complexity index is 1110. The van der Waals surface area contributed by atoms with Crippen molar-refractivity contribution in [3.8, 4) is 11.4 Å². The van der Waals surface area contributed by atoms with E-state index in [2.05, 4.69) is 30.7 Å². The Kier molecular flexibility index (Phi) is 4.54. The van der Waals surface area contributed by atoms with Crippen molar-refractivity contribution in [3.63, 3.8) is 0 Å². The minimum atomic E-state index is -0.515. The van der Waals surface area contributed by atoms with Crippen molar-refractivity contribution in [2.75, 3.05) is 35.9 Å². The van der Waals surface area contributed by atoms with Gasteiger partial charge in [-0.25, -0.2) is 14.8 Å². The summed E-state index contributed by atoms with van der Waals surface area (Å²) in [6.07, 6.45) is 4.12. The molecule has 3 aromatic heterocycles. The number of H-pyrrole nitrogens is 1. The van der Waals surface area contributed by atoms with Gasteiger partial charge < -0.3 is 20.7 Å². The lowest BCUT2D eigenvalue weighted by Crippen LogP contribution is -2.47. The largest absolute Gasteiger partial charge is 0.370 e. The fourth-order valence-corrected chi connectivity index (χ4v) is 3.18. The Hall–Kier alpha value is -3.30. The number of anilines is 1. The van der Waals surface area contributed by atoms with E-state index in [-0.39, 0.29) is 11.2 Å². The predicted octanol–water partition coefficient (Wildman–Crippen LogP) is 0.674. The molecule has 0 amide bonds. The Labute approximate surface area is 161 Å². The van der Waals surface area contributed by atoms with Crippen LogP contribution >= 0.6 is 0 Å². The molecule has 3 aromatic rings. The molecule has 0 aromatic carbocycles. The molecule has 4 rings (SSSR count). The summed E-state index contributed by atoms with van der Waals surface area (Å²) in [5.74, 6) is 1.39. The first-order valence-corrected chi connectivity index (χ1v) is 9.50. The van der Waals surface area contributed by atoms with Crippen LogP contribution in [-0.4, -0.2) is 50.5 Å². The smallest absolute Gasteiger partial charge is 0.357 e. The van der Waals surface area contributed by atoms with Gasteiger partial charge in [0.2, 0.25) is 0 Å². The summed E-state index contributed by atoms with van der Waals surface area (Å²) in [5.41, 5.74) is 6.01. The average Bonchev–Trinajstić information content (AvgIpc) is 3.46. The third kappa shape index (κ3) is 3.00. The average molecular weight is 384 g/mol. The van der Waals surface area contributed by atoms with Crippen molar-refractivity contribution in [1.82, 2.24) is 24.3 Å². The zero-order valence-corrected chi connectivity index (χ0v) is 16.2. The number of rotatable bonds is 7. The third-order valence-electron chi connectivity index (χ3n) is 4.81. The zero-order chi connectivity index (χ0) is 19.8. The molecule has 3 N–H and O–H groups in total. The molecule has 148 valence electrons. The molecular formula is C18H24N8O2. The van der Waals surface area contributed by atoms with E-state index in [1.807, 2.05) is 33.0 Å². The quantitative estimate of drug-likeness (QED) is 0.549. The summed E-state index contributed by atoms with van der Waals surface area (Å²) in [5, 5.41) is 0. The lowest BCUT2D eigenvalue weighted by atomic mass is 10.2. The highest BCUT2D eigenvalue weighted by Crippen LogP contribution is 2.29. The molecule has 1 saturated carbocycles. The van der Waals surface area contributed by atoms with Crippen molar-refractivity contribution < 1.29 is 0 Å². The van der Waals surface area contributed by atoms with Crippen LogP contribution in [-0.2, 0) is 0 Å². The molecule has 1 aliphatic carbocycles. The number of aromatic nitrogens is 5. The van der Waals surface area contributed by atoms with Gasteiger partial charge in [0.05, 0.1) is 0 Å². The number of hydrogen-bond acceptors (Lipinski definition) is 7. The first-order chi connectivity index (χ1) is 13.5. The van der Waals surface area contributed by atoms with Gasteiger partial charge in [-0.2, -0.15) is 9.35 Å². The fraction of sp³-hybridized carbons (Fsp3) is 0.444. The molecular weight excluding hydrogens is 360 g/mol. The number of aromatic amines is 1. The van der Waals surface area contributed by atoms with E-state index in [1.54, 1.807) is 6.20 Å². The van der Waals surface area contributed by atoms with E-state index in [1.165, 1.54) is 17.5 Å². The van der Waals surface area contributed by atoms with Crippen molar-refractivity contribution >= 4 is 17.0 Å². The number of imidazole rings is 1. The summed E-state index contributed by atoms with van der Waals surface area (Å²) in [4.78, 5) is 39.6. The predicted molar refractivity (Wildman–Crippen MR) is 109 cm³/mol. The number of nitrogens with one attached hydrogen (secondary N) is 3. The van der Waals surface area contributed by atoms with Gasteiger partial charge in [-0.1, -0.05) is 0 Å². The first-order valence-electron chi connectivity index (χ1n) is 9.50. The van der Waals surface area contributed by atoms with Crippen molar-refractivity contribution in [1.29, 1.82) is 0 Å². The minimum absolute atomic E-state index is 0.246. The second-order valence-electron chi connectivity index (χ2n) is 6.81. The van der Waals surface area contributed by atoms with Crippen LogP contribution in [0.15, 0.2) is 27.9 Å². The maximum atomic E-state index is 12.7. The highest BCUT2D eigenvalue weighted by molar-refractivity contribution is 5.75. The van der Waals surface area contributed by atoms with E-state index in [0.717, 1.165) is 16.1 Å². The second-order valence-corrected chi connectivity index (χ2v) is 6.81. The monoisotopic (exact) mass is 384 g/mol. The van der Waals surface area contributed by atoms with Crippen LogP contribution in [0.2, 0.25) is 0 Å². The molecule has 0 radical (unpaired) electrons. The normalized spacial score (nSPS) is 13.7. The second kappa shape index (κ2) is 7.02. The fourth-order valence-electron chi connectivity index (χ4n) is 3.18. The molecule has 0 unspecified atom stereocenters. The highest BCUT2D eigenvalue weighted by Gasteiger charge is 2.27. The molecule has 0 bridgehead atoms. The lowest BCUT2D eigenvalue weighted by Gasteiger charge is -2.16. The number of pyridine rings is 1. The number of fused-ring (bicyclic) bond motifs is 1. The molecule has 28 heavy (non-hydrogen) atoms. The van der Waals surface area contributed by atoms with Crippen LogP contribution in [0, 0.1) is 0 Å². The summed E-state index contributed by atoms with van der Waals surface area (Å²) < 4.78 is 2.26. The van der Waals surface area contributed by atoms with Gasteiger partial charge in [0, 0.05) is 37.9 Å². The molecule has 0 saturated heterocycles. The highest BCUT2D eigenvalue weighted by atomic mass is 16.2. The van der Waals surface area contributed by atoms with Gasteiger partial charge in [-0.15, -0.1) is 0 Å². The zero-order valence-electron chi connectivity index (χ0n) is 16.2. The van der Waals surface area contributed by atoms with E-state index >= 15 is 0 Å². The lowest BCUT2D eigenvalue weighted by molar-refractivity contribution is 0.694. The summed E-state index contributed by atoms with van der Waals surface area (Å²) in [6.45, 7) is 4.63. The van der Waals surface area contributed by atoms with E-state index in [9.17, 15) is 9.59 Å². The molecule has 3 heterocycles. The minimum Gasteiger partial charge on any atom is -0.357 e. The van der Waals surface area contributed by atoms with E-state index in [0.29, 0.717) is 25.0 Å². The van der Waals surface area contributed by atoms with Crippen LogP contribution in [0.25, 0.3) is 22.6 Å². The van der Waals surface area contributed by atoms with E-state index in [4.69, 9.17) is 0 Å². The molecule has 1 fully saturated rings. The van der Waals surface area contributed by atoms with Gasteiger partial charge in [-0.3, -0.25) is 4.79 Å². The van der Waals surface area contributed by atoms with Gasteiger partial charge in [0.15, 0.2) is 11.2 Å². The van der Waals surface area contributed by atoms with Gasteiger partial charge in [0.25, 0.3) is 0 Å². The summed E-state index contributed by atoms with van der Waals surface area (Å²) in [7, 11) is 2.04. The first kappa shape index (κ1) is 18.1. The Morgan fingerprint density at radius 3 is 2.50 bits per heavy atom. The Morgan fingerprint density at radius 1 is 1.18 bits per heavy atom. The maximum absolute atomic E-state index is 12.7. The summed E-state index contributed by atoms with van der Waals surface area (Å²) in [6, 6.07) is 4.43. The van der Waals surface area contributed by atoms with Crippen molar-refractivity contribution in [2.24, 2.45) is 0 Å². The van der Waals surface area contributed by atoms with Crippen LogP contribution in [0.1, 0.15) is 26.7 Å². The van der Waals surface area contributed by atoms with E-state index < -0.39 is 11.2 Å². The molecule has 10 nitrogen and oxygen atoms in total. The Balaban J connectivity index is 1.80. The maximum Gasteiger partial charge on any atom is 0.370 e. The Morgan fingerprint density at radius 2 is 1.89 bits per heavy atom. The third-order valence-corrected chi connectivity index (χ3v) is 4.81. The standard InChI is InChI=1S/C18H24N8O2/c1-4-20-25-16-14(17(27)26(18(25)28)21-5-2)22-15(23-16)11-6-9-13(19-10-11)24(3)12-7-8-12/h6,9-10,12,20-21H,4-5,7-8H2,1-3H3,(H,22,23). The van der Waals surface area contributed by atoms with Crippen LogP contribution < -0.4 is 27.0 Å². The van der Waals surface area contributed by atoms with Crippen molar-refractivity contribution in [2.45, 2.75) is 32.7 Å². The SMILES string of the molecule is CCNn1c(=O)c2[nH]c(-c3ccc(N(C)C4CC4)nc3)nc2n(NCC)c1=O. The molecule has 1 aliphatic rings. The molecule has 0 aliphatic heterocycles. The van der Waals surface area contributed by atoms with Crippen molar-refractivity contribution in [3.05, 3.63) is 39.2 Å². The molecule has 0 atom stereocenters.